The smallest absolute Gasteiger partial charge is 0.128 e. The molecule has 5 heteroatoms. The van der Waals surface area contributed by atoms with Crippen LogP contribution < -0.4 is 0 Å². The van der Waals surface area contributed by atoms with Crippen LogP contribution in [0, 0.1) is 0 Å². The Bertz CT molecular complexity index is 782. The Hall–Kier alpha value is -1.39. The normalized spacial score (nSPS) is 14.3. The molecule has 3 aromatic rings. The van der Waals surface area contributed by atoms with Gasteiger partial charge in [0.05, 0.1) is 23.1 Å². The number of benzene rings is 1. The highest BCUT2D eigenvalue weighted by molar-refractivity contribution is 9.10. The molecule has 0 saturated heterocycles. The Labute approximate surface area is 137 Å². The lowest BCUT2D eigenvalue weighted by molar-refractivity contribution is 0.618. The molecule has 2 unspecified atom stereocenters. The molecule has 0 aliphatic rings. The van der Waals surface area contributed by atoms with Crippen molar-refractivity contribution in [1.29, 1.82) is 0 Å². The largest absolute Gasteiger partial charge is 0.319 e. The Kier molecular flexibility index (Phi) is 4.00. The van der Waals surface area contributed by atoms with Crippen LogP contribution in [0.5, 0.6) is 0 Å². The van der Waals surface area contributed by atoms with Crippen LogP contribution >= 0.6 is 27.5 Å². The molecule has 21 heavy (non-hydrogen) atoms. The van der Waals surface area contributed by atoms with Gasteiger partial charge in [0.2, 0.25) is 0 Å². The van der Waals surface area contributed by atoms with Gasteiger partial charge >= 0.3 is 0 Å². The molecule has 1 aromatic carbocycles. The summed E-state index contributed by atoms with van der Waals surface area (Å²) in [5.74, 6) is 0.868. The summed E-state index contributed by atoms with van der Waals surface area (Å²) >= 11 is 9.86. The lowest BCUT2D eigenvalue weighted by Crippen LogP contribution is -2.11. The fourth-order valence-electron chi connectivity index (χ4n) is 2.57. The SMILES string of the molecule is CC(Cl)c1nc2cnccc2n1C(C)c1cccc(Br)c1. The van der Waals surface area contributed by atoms with Crippen LogP contribution in [-0.2, 0) is 0 Å². The first-order chi connectivity index (χ1) is 10.1. The predicted molar refractivity (Wildman–Crippen MR) is 89.8 cm³/mol. The second-order valence-electron chi connectivity index (χ2n) is 5.05. The maximum atomic E-state index is 6.33. The highest BCUT2D eigenvalue weighted by Crippen LogP contribution is 2.31. The molecule has 0 aliphatic carbocycles. The third-order valence-electron chi connectivity index (χ3n) is 3.59. The predicted octanol–water partition coefficient (Wildman–Crippen LogP) is 5.10. The topological polar surface area (TPSA) is 30.7 Å². The summed E-state index contributed by atoms with van der Waals surface area (Å²) in [7, 11) is 0. The van der Waals surface area contributed by atoms with E-state index in [4.69, 9.17) is 11.6 Å². The fourth-order valence-corrected chi connectivity index (χ4v) is 3.14. The summed E-state index contributed by atoms with van der Waals surface area (Å²) in [4.78, 5) is 8.78. The van der Waals surface area contributed by atoms with Crippen LogP contribution in [0.4, 0.5) is 0 Å². The van der Waals surface area contributed by atoms with Gasteiger partial charge in [-0.1, -0.05) is 28.1 Å². The molecule has 0 bridgehead atoms. The van der Waals surface area contributed by atoms with Gasteiger partial charge in [-0.2, -0.15) is 0 Å². The summed E-state index contributed by atoms with van der Waals surface area (Å²) in [6, 6.07) is 10.4. The Morgan fingerprint density at radius 1 is 1.24 bits per heavy atom. The van der Waals surface area contributed by atoms with Crippen molar-refractivity contribution in [2.75, 3.05) is 0 Å². The maximum absolute atomic E-state index is 6.33. The van der Waals surface area contributed by atoms with E-state index in [1.807, 2.05) is 25.1 Å². The van der Waals surface area contributed by atoms with Gasteiger partial charge in [0.1, 0.15) is 11.3 Å². The Morgan fingerprint density at radius 2 is 2.05 bits per heavy atom. The number of halogens is 2. The van der Waals surface area contributed by atoms with Crippen molar-refractivity contribution < 1.29 is 0 Å². The van der Waals surface area contributed by atoms with E-state index in [1.54, 1.807) is 12.4 Å². The van der Waals surface area contributed by atoms with E-state index in [0.29, 0.717) is 0 Å². The maximum Gasteiger partial charge on any atom is 0.128 e. The van der Waals surface area contributed by atoms with Crippen LogP contribution in [0.25, 0.3) is 11.0 Å². The second-order valence-corrected chi connectivity index (χ2v) is 6.62. The lowest BCUT2D eigenvalue weighted by Gasteiger charge is -2.19. The first-order valence-electron chi connectivity index (χ1n) is 6.79. The monoisotopic (exact) mass is 363 g/mol. The van der Waals surface area contributed by atoms with E-state index in [0.717, 1.165) is 21.3 Å². The highest BCUT2D eigenvalue weighted by atomic mass is 79.9. The van der Waals surface area contributed by atoms with Crippen LogP contribution in [0.3, 0.4) is 0 Å². The molecule has 2 heterocycles. The number of hydrogen-bond acceptors (Lipinski definition) is 2. The quantitative estimate of drug-likeness (QED) is 0.605. The van der Waals surface area contributed by atoms with E-state index in [9.17, 15) is 0 Å². The molecule has 2 aromatic heterocycles. The van der Waals surface area contributed by atoms with Gasteiger partial charge in [0, 0.05) is 10.7 Å². The van der Waals surface area contributed by atoms with Gasteiger partial charge in [0.15, 0.2) is 0 Å². The molecule has 0 amide bonds. The first kappa shape index (κ1) is 14.5. The average molecular weight is 365 g/mol. The molecule has 0 fully saturated rings. The van der Waals surface area contributed by atoms with Gasteiger partial charge in [-0.15, -0.1) is 11.6 Å². The Balaban J connectivity index is 2.20. The van der Waals surface area contributed by atoms with Gasteiger partial charge in [-0.3, -0.25) is 4.98 Å². The van der Waals surface area contributed by atoms with E-state index < -0.39 is 0 Å². The number of alkyl halides is 1. The third-order valence-corrected chi connectivity index (χ3v) is 4.28. The zero-order chi connectivity index (χ0) is 15.0. The van der Waals surface area contributed by atoms with Crippen molar-refractivity contribution in [1.82, 2.24) is 14.5 Å². The third kappa shape index (κ3) is 2.70. The van der Waals surface area contributed by atoms with E-state index in [1.165, 1.54) is 5.56 Å². The summed E-state index contributed by atoms with van der Waals surface area (Å²) < 4.78 is 3.26. The van der Waals surface area contributed by atoms with E-state index in [-0.39, 0.29) is 11.4 Å². The number of hydrogen-bond donors (Lipinski definition) is 0. The molecule has 0 saturated carbocycles. The molecule has 108 valence electrons. The second kappa shape index (κ2) is 5.78. The summed E-state index contributed by atoms with van der Waals surface area (Å²) in [5.41, 5.74) is 3.14. The zero-order valence-electron chi connectivity index (χ0n) is 11.8. The molecule has 0 N–H and O–H groups in total. The molecule has 3 rings (SSSR count). The number of pyridine rings is 1. The number of rotatable bonds is 3. The fraction of sp³-hybridized carbons (Fsp3) is 0.250. The summed E-state index contributed by atoms with van der Waals surface area (Å²) in [6.45, 7) is 4.10. The van der Waals surface area contributed by atoms with Crippen molar-refractivity contribution in [3.63, 3.8) is 0 Å². The molecular weight excluding hydrogens is 350 g/mol. The molecule has 0 radical (unpaired) electrons. The van der Waals surface area contributed by atoms with Gasteiger partial charge in [-0.25, -0.2) is 4.98 Å². The van der Waals surface area contributed by atoms with Crippen molar-refractivity contribution >= 4 is 38.6 Å². The van der Waals surface area contributed by atoms with E-state index in [2.05, 4.69) is 49.5 Å². The molecule has 2 atom stereocenters. The summed E-state index contributed by atoms with van der Waals surface area (Å²) in [5, 5.41) is -0.160. The summed E-state index contributed by atoms with van der Waals surface area (Å²) in [6.07, 6.45) is 3.57. The van der Waals surface area contributed by atoms with Crippen molar-refractivity contribution in [2.45, 2.75) is 25.3 Å². The van der Waals surface area contributed by atoms with Crippen LogP contribution in [0.15, 0.2) is 47.2 Å². The number of imidazole rings is 1. The first-order valence-corrected chi connectivity index (χ1v) is 8.02. The van der Waals surface area contributed by atoms with E-state index >= 15 is 0 Å². The average Bonchev–Trinajstić information content (AvgIpc) is 2.86. The minimum Gasteiger partial charge on any atom is -0.319 e. The van der Waals surface area contributed by atoms with Gasteiger partial charge in [-0.05, 0) is 37.6 Å². The molecular formula is C16H15BrClN3. The molecule has 0 aliphatic heterocycles. The van der Waals surface area contributed by atoms with Gasteiger partial charge in [0.25, 0.3) is 0 Å². The molecule has 0 spiro atoms. The van der Waals surface area contributed by atoms with Gasteiger partial charge < -0.3 is 4.57 Å². The minimum absolute atomic E-state index is 0.145. The van der Waals surface area contributed by atoms with Crippen molar-refractivity contribution in [3.8, 4) is 0 Å². The van der Waals surface area contributed by atoms with Crippen LogP contribution in [0.2, 0.25) is 0 Å². The highest BCUT2D eigenvalue weighted by Gasteiger charge is 2.20. The number of fused-ring (bicyclic) bond motifs is 1. The van der Waals surface area contributed by atoms with Crippen molar-refractivity contribution in [3.05, 3.63) is 58.6 Å². The minimum atomic E-state index is -0.160. The number of aromatic nitrogens is 3. The van der Waals surface area contributed by atoms with Crippen molar-refractivity contribution in [2.24, 2.45) is 0 Å². The zero-order valence-corrected chi connectivity index (χ0v) is 14.1. The van der Waals surface area contributed by atoms with Crippen LogP contribution in [0.1, 0.15) is 36.7 Å². The van der Waals surface area contributed by atoms with Crippen LogP contribution in [-0.4, -0.2) is 14.5 Å². The molecule has 3 nitrogen and oxygen atoms in total. The Morgan fingerprint density at radius 3 is 2.76 bits per heavy atom. The lowest BCUT2D eigenvalue weighted by atomic mass is 10.1. The standard InChI is InChI=1S/C16H15BrClN3/c1-10(18)16-20-14-9-19-7-6-15(14)21(16)11(2)12-4-3-5-13(17)8-12/h3-11H,1-2H3. The number of nitrogens with zero attached hydrogens (tertiary/aromatic N) is 3.